The van der Waals surface area contributed by atoms with E-state index in [0.717, 1.165) is 16.3 Å². The number of hydrogen-bond acceptors (Lipinski definition) is 8. The Morgan fingerprint density at radius 1 is 1.00 bits per heavy atom. The van der Waals surface area contributed by atoms with Gasteiger partial charge in [0.2, 0.25) is 0 Å². The van der Waals surface area contributed by atoms with E-state index in [1.165, 1.54) is 11.3 Å². The second kappa shape index (κ2) is 11.4. The summed E-state index contributed by atoms with van der Waals surface area (Å²) >= 11 is 1.26. The van der Waals surface area contributed by atoms with Crippen molar-refractivity contribution in [2.45, 2.75) is 26.8 Å². The first-order valence-corrected chi connectivity index (χ1v) is 13.8. The lowest BCUT2D eigenvalue weighted by atomic mass is 9.94. The van der Waals surface area contributed by atoms with Crippen molar-refractivity contribution in [2.75, 3.05) is 27.4 Å². The average molecular weight is 559 g/mol. The standard InChI is InChI=1S/C31H30N2O6S/c1-6-38-28-21(13-10-14-24(28)37-5)27-26(30(35)39-7-2)18(3)32-31-33(27)29(34)25(40-31)17-22-20-12-9-8-11-19(20)15-16-23(22)36-4/h8-17,27H,6-7H2,1-5H3/b25-17-. The first kappa shape index (κ1) is 27.2. The average Bonchev–Trinajstić information content (AvgIpc) is 3.26. The zero-order valence-corrected chi connectivity index (χ0v) is 23.8. The van der Waals surface area contributed by atoms with Crippen LogP contribution in [0.25, 0.3) is 16.8 Å². The van der Waals surface area contributed by atoms with Gasteiger partial charge in [0.1, 0.15) is 11.8 Å². The van der Waals surface area contributed by atoms with E-state index in [4.69, 9.17) is 18.9 Å². The number of allylic oxidation sites excluding steroid dienone is 1. The van der Waals surface area contributed by atoms with Crippen LogP contribution in [0.4, 0.5) is 0 Å². The third kappa shape index (κ3) is 4.66. The highest BCUT2D eigenvalue weighted by Gasteiger charge is 2.36. The number of thiazole rings is 1. The second-order valence-corrected chi connectivity index (χ2v) is 10.0. The molecule has 0 saturated carbocycles. The molecule has 5 rings (SSSR count). The van der Waals surface area contributed by atoms with Crippen LogP contribution in [0, 0.1) is 0 Å². The first-order valence-electron chi connectivity index (χ1n) is 13.0. The zero-order valence-electron chi connectivity index (χ0n) is 23.0. The topological polar surface area (TPSA) is 88.4 Å². The number of carbonyl (C=O) groups excluding carboxylic acids is 1. The monoisotopic (exact) mass is 558 g/mol. The van der Waals surface area contributed by atoms with Crippen molar-refractivity contribution in [3.63, 3.8) is 0 Å². The Bertz CT molecular complexity index is 1820. The number of hydrogen-bond donors (Lipinski definition) is 0. The van der Waals surface area contributed by atoms with Crippen LogP contribution >= 0.6 is 11.3 Å². The summed E-state index contributed by atoms with van der Waals surface area (Å²) in [7, 11) is 3.16. The number of methoxy groups -OCH3 is 2. The summed E-state index contributed by atoms with van der Waals surface area (Å²) in [5, 5.41) is 1.98. The van der Waals surface area contributed by atoms with Gasteiger partial charge in [-0.15, -0.1) is 0 Å². The van der Waals surface area contributed by atoms with Crippen LogP contribution in [0.2, 0.25) is 0 Å². The van der Waals surface area contributed by atoms with Crippen molar-refractivity contribution in [2.24, 2.45) is 4.99 Å². The Morgan fingerprint density at radius 3 is 2.50 bits per heavy atom. The van der Waals surface area contributed by atoms with E-state index in [9.17, 15) is 9.59 Å². The van der Waals surface area contributed by atoms with Gasteiger partial charge < -0.3 is 18.9 Å². The molecule has 0 amide bonds. The SMILES string of the molecule is CCOC(=O)C1=C(C)N=c2s/c(=C\c3c(OC)ccc4ccccc34)c(=O)n2C1c1cccc(OC)c1OCC. The highest BCUT2D eigenvalue weighted by molar-refractivity contribution is 7.07. The number of esters is 1. The summed E-state index contributed by atoms with van der Waals surface area (Å²) in [5.41, 5.74) is 1.86. The minimum absolute atomic E-state index is 0.185. The molecular weight excluding hydrogens is 528 g/mol. The Morgan fingerprint density at radius 2 is 1.77 bits per heavy atom. The van der Waals surface area contributed by atoms with Crippen molar-refractivity contribution < 1.29 is 23.7 Å². The van der Waals surface area contributed by atoms with Crippen LogP contribution in [0.1, 0.15) is 37.9 Å². The Labute approximate surface area is 235 Å². The lowest BCUT2D eigenvalue weighted by molar-refractivity contribution is -0.139. The third-order valence-corrected chi connectivity index (χ3v) is 7.74. The summed E-state index contributed by atoms with van der Waals surface area (Å²) in [6, 6.07) is 16.4. The maximum atomic E-state index is 14.2. The maximum Gasteiger partial charge on any atom is 0.338 e. The number of benzene rings is 3. The molecule has 2 heterocycles. The molecule has 1 aliphatic heterocycles. The van der Waals surface area contributed by atoms with Crippen LogP contribution in [0.5, 0.6) is 17.2 Å². The van der Waals surface area contributed by atoms with E-state index in [1.54, 1.807) is 38.7 Å². The van der Waals surface area contributed by atoms with Gasteiger partial charge in [0.05, 0.1) is 43.2 Å². The number of ether oxygens (including phenoxy) is 4. The molecular formula is C31H30N2O6S. The maximum absolute atomic E-state index is 14.2. The Kier molecular flexibility index (Phi) is 7.75. The van der Waals surface area contributed by atoms with Gasteiger partial charge in [-0.1, -0.05) is 53.8 Å². The minimum Gasteiger partial charge on any atom is -0.496 e. The van der Waals surface area contributed by atoms with Crippen molar-refractivity contribution in [1.82, 2.24) is 4.57 Å². The molecule has 0 N–H and O–H groups in total. The fraction of sp³-hybridized carbons (Fsp3) is 0.258. The molecule has 0 saturated heterocycles. The van der Waals surface area contributed by atoms with Gasteiger partial charge in [0.25, 0.3) is 5.56 Å². The zero-order chi connectivity index (χ0) is 28.4. The Hall–Kier alpha value is -4.37. The molecule has 0 bridgehead atoms. The molecule has 9 heteroatoms. The van der Waals surface area contributed by atoms with Crippen LogP contribution in [-0.4, -0.2) is 38.0 Å². The molecule has 1 unspecified atom stereocenters. The molecule has 1 aromatic heterocycles. The number of nitrogens with zero attached hydrogens (tertiary/aromatic N) is 2. The van der Waals surface area contributed by atoms with E-state index < -0.39 is 12.0 Å². The summed E-state index contributed by atoms with van der Waals surface area (Å²) in [6.07, 6.45) is 1.83. The van der Waals surface area contributed by atoms with E-state index in [-0.39, 0.29) is 17.7 Å². The number of rotatable bonds is 8. The summed E-state index contributed by atoms with van der Waals surface area (Å²) < 4.78 is 24.7. The van der Waals surface area contributed by atoms with Gasteiger partial charge in [-0.2, -0.15) is 0 Å². The van der Waals surface area contributed by atoms with Gasteiger partial charge in [0.15, 0.2) is 16.3 Å². The van der Waals surface area contributed by atoms with Crippen LogP contribution in [0.3, 0.4) is 0 Å². The van der Waals surface area contributed by atoms with E-state index in [2.05, 4.69) is 4.99 Å². The lowest BCUT2D eigenvalue weighted by Gasteiger charge is -2.26. The smallest absolute Gasteiger partial charge is 0.338 e. The molecule has 3 aromatic carbocycles. The van der Waals surface area contributed by atoms with E-state index >= 15 is 0 Å². The molecule has 0 fully saturated rings. The van der Waals surface area contributed by atoms with Gasteiger partial charge in [-0.05, 0) is 49.8 Å². The molecule has 0 spiro atoms. The summed E-state index contributed by atoms with van der Waals surface area (Å²) in [5.74, 6) is 1.07. The molecule has 1 aliphatic rings. The predicted octanol–water partition coefficient (Wildman–Crippen LogP) is 4.37. The largest absolute Gasteiger partial charge is 0.496 e. The fourth-order valence-electron chi connectivity index (χ4n) is 5.03. The fourth-order valence-corrected chi connectivity index (χ4v) is 6.06. The molecule has 40 heavy (non-hydrogen) atoms. The van der Waals surface area contributed by atoms with Crippen molar-refractivity contribution in [3.05, 3.63) is 96.7 Å². The van der Waals surface area contributed by atoms with E-state index in [0.29, 0.717) is 44.4 Å². The lowest BCUT2D eigenvalue weighted by Crippen LogP contribution is -2.40. The molecule has 0 aliphatic carbocycles. The van der Waals surface area contributed by atoms with Crippen LogP contribution in [-0.2, 0) is 9.53 Å². The first-order chi connectivity index (χ1) is 19.4. The van der Waals surface area contributed by atoms with Crippen LogP contribution < -0.4 is 29.1 Å². The number of fused-ring (bicyclic) bond motifs is 2. The quantitative estimate of drug-likeness (QED) is 0.299. The summed E-state index contributed by atoms with van der Waals surface area (Å²) in [4.78, 5) is 32.7. The van der Waals surface area contributed by atoms with Crippen molar-refractivity contribution in [1.29, 1.82) is 0 Å². The summed E-state index contributed by atoms with van der Waals surface area (Å²) in [6.45, 7) is 5.92. The van der Waals surface area contributed by atoms with Gasteiger partial charge >= 0.3 is 5.97 Å². The second-order valence-electron chi connectivity index (χ2n) is 9.02. The highest BCUT2D eigenvalue weighted by atomic mass is 32.1. The molecule has 0 radical (unpaired) electrons. The number of carbonyl (C=O) groups is 1. The van der Waals surface area contributed by atoms with Crippen molar-refractivity contribution >= 4 is 34.2 Å². The predicted molar refractivity (Wildman–Crippen MR) is 155 cm³/mol. The molecule has 4 aromatic rings. The van der Waals surface area contributed by atoms with Gasteiger partial charge in [-0.25, -0.2) is 9.79 Å². The van der Waals surface area contributed by atoms with Gasteiger partial charge in [0, 0.05) is 11.1 Å². The number of para-hydroxylation sites is 1. The van der Waals surface area contributed by atoms with E-state index in [1.807, 2.05) is 61.5 Å². The normalized spacial score (nSPS) is 15.0. The molecule has 8 nitrogen and oxygen atoms in total. The van der Waals surface area contributed by atoms with Gasteiger partial charge in [-0.3, -0.25) is 9.36 Å². The van der Waals surface area contributed by atoms with Crippen molar-refractivity contribution in [3.8, 4) is 17.2 Å². The van der Waals surface area contributed by atoms with Crippen LogP contribution in [0.15, 0.2) is 75.7 Å². The highest BCUT2D eigenvalue weighted by Crippen LogP contribution is 2.40. The molecule has 206 valence electrons. The number of aromatic nitrogens is 1. The third-order valence-electron chi connectivity index (χ3n) is 6.76. The Balaban J connectivity index is 1.82. The molecule has 1 atom stereocenters. The minimum atomic E-state index is -0.830.